The molecule has 0 atom stereocenters. The molecule has 94 valence electrons. The number of thiazole rings is 1. The molecule has 1 aromatic heterocycles. The Morgan fingerprint density at radius 3 is 2.94 bits per heavy atom. The highest BCUT2D eigenvalue weighted by Crippen LogP contribution is 2.29. The molecule has 6 heteroatoms. The monoisotopic (exact) mass is 263 g/mol. The second-order valence-corrected chi connectivity index (χ2v) is 5.14. The summed E-state index contributed by atoms with van der Waals surface area (Å²) in [6, 6.07) is 6.58. The Morgan fingerprint density at radius 1 is 1.50 bits per heavy atom. The minimum absolute atomic E-state index is 0.0927. The number of hydrogen-bond donors (Lipinski definition) is 1. The van der Waals surface area contributed by atoms with Gasteiger partial charge in [0.25, 0.3) is 5.69 Å². The molecule has 0 spiro atoms. The topological polar surface area (TPSA) is 68.1 Å². The lowest BCUT2D eigenvalue weighted by Gasteiger charge is -1.98. The Kier molecular flexibility index (Phi) is 3.69. The largest absolute Gasteiger partial charge is 0.314 e. The van der Waals surface area contributed by atoms with Crippen LogP contribution < -0.4 is 5.32 Å². The summed E-state index contributed by atoms with van der Waals surface area (Å²) in [6.07, 6.45) is 0. The van der Waals surface area contributed by atoms with Crippen molar-refractivity contribution in [3.63, 3.8) is 0 Å². The molecule has 2 aromatic rings. The van der Waals surface area contributed by atoms with Crippen molar-refractivity contribution in [3.8, 4) is 11.3 Å². The van der Waals surface area contributed by atoms with Crippen molar-refractivity contribution in [1.29, 1.82) is 0 Å². The quantitative estimate of drug-likeness (QED) is 0.680. The van der Waals surface area contributed by atoms with Crippen molar-refractivity contribution in [3.05, 3.63) is 44.3 Å². The first-order valence-electron chi connectivity index (χ1n) is 5.47. The van der Waals surface area contributed by atoms with E-state index in [1.165, 1.54) is 6.07 Å². The molecule has 0 bridgehead atoms. The molecule has 0 amide bonds. The maximum atomic E-state index is 10.8. The van der Waals surface area contributed by atoms with Gasteiger partial charge in [-0.25, -0.2) is 4.98 Å². The standard InChI is InChI=1S/C12H13N3O2S/c1-8-12(14-11(18-8)7-13-2)9-4-3-5-10(6-9)15(16)17/h3-6,13H,7H2,1-2H3. The number of nitrogens with one attached hydrogen (secondary N) is 1. The Labute approximate surface area is 109 Å². The smallest absolute Gasteiger partial charge is 0.270 e. The normalized spacial score (nSPS) is 10.6. The number of non-ortho nitro benzene ring substituents is 1. The van der Waals surface area contributed by atoms with Gasteiger partial charge in [-0.2, -0.15) is 0 Å². The molecule has 0 aliphatic rings. The molecule has 5 nitrogen and oxygen atoms in total. The molecule has 1 heterocycles. The van der Waals surface area contributed by atoms with E-state index in [2.05, 4.69) is 10.3 Å². The number of nitro benzene ring substituents is 1. The van der Waals surface area contributed by atoms with Crippen LogP contribution >= 0.6 is 11.3 Å². The molecule has 1 N–H and O–H groups in total. The lowest BCUT2D eigenvalue weighted by molar-refractivity contribution is -0.384. The summed E-state index contributed by atoms with van der Waals surface area (Å²) >= 11 is 1.60. The van der Waals surface area contributed by atoms with Gasteiger partial charge in [0, 0.05) is 29.1 Å². The zero-order chi connectivity index (χ0) is 13.1. The zero-order valence-corrected chi connectivity index (χ0v) is 11.0. The third kappa shape index (κ3) is 2.55. The first-order chi connectivity index (χ1) is 8.61. The molecule has 1 aromatic carbocycles. The highest BCUT2D eigenvalue weighted by molar-refractivity contribution is 7.12. The molecule has 2 rings (SSSR count). The first-order valence-corrected chi connectivity index (χ1v) is 6.29. The van der Waals surface area contributed by atoms with E-state index in [1.54, 1.807) is 23.5 Å². The number of nitrogens with zero attached hydrogens (tertiary/aromatic N) is 2. The molecule has 18 heavy (non-hydrogen) atoms. The zero-order valence-electron chi connectivity index (χ0n) is 10.1. The number of benzene rings is 1. The number of aryl methyl sites for hydroxylation is 1. The maximum absolute atomic E-state index is 10.8. The van der Waals surface area contributed by atoms with E-state index in [1.807, 2.05) is 20.0 Å². The fraction of sp³-hybridized carbons (Fsp3) is 0.250. The van der Waals surface area contributed by atoms with E-state index in [0.717, 1.165) is 21.1 Å². The van der Waals surface area contributed by atoms with Gasteiger partial charge in [-0.3, -0.25) is 10.1 Å². The molecular weight excluding hydrogens is 250 g/mol. The Bertz CT molecular complexity index is 580. The minimum Gasteiger partial charge on any atom is -0.314 e. The van der Waals surface area contributed by atoms with E-state index in [4.69, 9.17) is 0 Å². The van der Waals surface area contributed by atoms with Crippen LogP contribution in [-0.2, 0) is 6.54 Å². The molecule has 0 unspecified atom stereocenters. The average molecular weight is 263 g/mol. The van der Waals surface area contributed by atoms with Crippen LogP contribution in [-0.4, -0.2) is 17.0 Å². The Morgan fingerprint density at radius 2 is 2.28 bits per heavy atom. The van der Waals surface area contributed by atoms with Crippen molar-refractivity contribution in [2.45, 2.75) is 13.5 Å². The van der Waals surface area contributed by atoms with Crippen LogP contribution in [0.15, 0.2) is 24.3 Å². The van der Waals surface area contributed by atoms with Crippen molar-refractivity contribution < 1.29 is 4.92 Å². The van der Waals surface area contributed by atoms with Crippen molar-refractivity contribution in [2.24, 2.45) is 0 Å². The van der Waals surface area contributed by atoms with E-state index in [-0.39, 0.29) is 10.6 Å². The van der Waals surface area contributed by atoms with Crippen LogP contribution in [0.25, 0.3) is 11.3 Å². The first kappa shape index (κ1) is 12.7. The van der Waals surface area contributed by atoms with E-state index in [9.17, 15) is 10.1 Å². The van der Waals surface area contributed by atoms with Crippen LogP contribution in [0.4, 0.5) is 5.69 Å². The summed E-state index contributed by atoms with van der Waals surface area (Å²) in [7, 11) is 1.86. The van der Waals surface area contributed by atoms with Gasteiger partial charge < -0.3 is 5.32 Å². The summed E-state index contributed by atoms with van der Waals surface area (Å²) < 4.78 is 0. The van der Waals surface area contributed by atoms with Gasteiger partial charge >= 0.3 is 0 Å². The molecule has 0 aliphatic carbocycles. The molecule has 0 fully saturated rings. The molecule has 0 saturated carbocycles. The third-order valence-corrected chi connectivity index (χ3v) is 3.47. The number of aromatic nitrogens is 1. The summed E-state index contributed by atoms with van der Waals surface area (Å²) in [5.41, 5.74) is 1.71. The predicted molar refractivity (Wildman–Crippen MR) is 71.7 cm³/mol. The van der Waals surface area contributed by atoms with Gasteiger partial charge in [-0.05, 0) is 14.0 Å². The number of rotatable bonds is 4. The fourth-order valence-corrected chi connectivity index (χ4v) is 2.68. The van der Waals surface area contributed by atoms with Gasteiger partial charge in [0.15, 0.2) is 0 Å². The van der Waals surface area contributed by atoms with Crippen molar-refractivity contribution in [2.75, 3.05) is 7.05 Å². The third-order valence-electron chi connectivity index (χ3n) is 2.50. The van der Waals surface area contributed by atoms with Crippen LogP contribution in [0.5, 0.6) is 0 Å². The van der Waals surface area contributed by atoms with Crippen LogP contribution in [0.2, 0.25) is 0 Å². The van der Waals surface area contributed by atoms with Gasteiger partial charge in [0.2, 0.25) is 0 Å². The van der Waals surface area contributed by atoms with Gasteiger partial charge in [0.05, 0.1) is 10.6 Å². The Hall–Kier alpha value is -1.79. The molecular formula is C12H13N3O2S. The van der Waals surface area contributed by atoms with Gasteiger partial charge in [-0.1, -0.05) is 12.1 Å². The summed E-state index contributed by atoms with van der Waals surface area (Å²) in [6.45, 7) is 2.69. The van der Waals surface area contributed by atoms with Crippen molar-refractivity contribution >= 4 is 17.0 Å². The SMILES string of the molecule is CNCc1nc(-c2cccc([N+](=O)[O-])c2)c(C)s1. The van der Waals surface area contributed by atoms with Crippen LogP contribution in [0.1, 0.15) is 9.88 Å². The highest BCUT2D eigenvalue weighted by atomic mass is 32.1. The Balaban J connectivity index is 2.41. The number of hydrogen-bond acceptors (Lipinski definition) is 5. The molecule has 0 radical (unpaired) electrons. The molecule has 0 aliphatic heterocycles. The minimum atomic E-state index is -0.389. The predicted octanol–water partition coefficient (Wildman–Crippen LogP) is 2.75. The summed E-state index contributed by atoms with van der Waals surface area (Å²) in [5.74, 6) is 0. The lowest BCUT2D eigenvalue weighted by atomic mass is 10.1. The second kappa shape index (κ2) is 5.24. The second-order valence-electron chi connectivity index (χ2n) is 3.85. The van der Waals surface area contributed by atoms with Crippen LogP contribution in [0.3, 0.4) is 0 Å². The van der Waals surface area contributed by atoms with Crippen molar-refractivity contribution in [1.82, 2.24) is 10.3 Å². The molecule has 0 saturated heterocycles. The van der Waals surface area contributed by atoms with E-state index >= 15 is 0 Å². The van der Waals surface area contributed by atoms with E-state index < -0.39 is 0 Å². The fourth-order valence-electron chi connectivity index (χ4n) is 1.71. The average Bonchev–Trinajstić information content (AvgIpc) is 2.71. The maximum Gasteiger partial charge on any atom is 0.270 e. The summed E-state index contributed by atoms with van der Waals surface area (Å²) in [5, 5.41) is 14.8. The van der Waals surface area contributed by atoms with Crippen LogP contribution in [0, 0.1) is 17.0 Å². The highest BCUT2D eigenvalue weighted by Gasteiger charge is 2.12. The summed E-state index contributed by atoms with van der Waals surface area (Å²) in [4.78, 5) is 15.9. The van der Waals surface area contributed by atoms with E-state index in [0.29, 0.717) is 6.54 Å². The number of nitro groups is 1. The van der Waals surface area contributed by atoms with Gasteiger partial charge in [0.1, 0.15) is 5.01 Å². The lowest BCUT2D eigenvalue weighted by Crippen LogP contribution is -2.04. The van der Waals surface area contributed by atoms with Gasteiger partial charge in [-0.15, -0.1) is 11.3 Å².